The van der Waals surface area contributed by atoms with Gasteiger partial charge in [-0.05, 0) is 31.8 Å². The molecule has 0 radical (unpaired) electrons. The molecule has 23 heavy (non-hydrogen) atoms. The first-order valence-electron chi connectivity index (χ1n) is 10.9. The summed E-state index contributed by atoms with van der Waals surface area (Å²) in [5.74, 6) is 0.809. The minimum Gasteiger partial charge on any atom is -0.303 e. The molecule has 0 spiro atoms. The van der Waals surface area contributed by atoms with Crippen LogP contribution in [0.1, 0.15) is 118 Å². The highest BCUT2D eigenvalue weighted by molar-refractivity contribution is 4.61. The van der Waals surface area contributed by atoms with Gasteiger partial charge >= 0.3 is 0 Å². The molecule has 0 saturated heterocycles. The fraction of sp³-hybridized carbons (Fsp3) is 1.00. The van der Waals surface area contributed by atoms with Gasteiger partial charge in [-0.25, -0.2) is 0 Å². The Morgan fingerprint density at radius 2 is 0.870 bits per heavy atom. The maximum Gasteiger partial charge on any atom is 0.000438 e. The molecule has 1 heteroatoms. The summed E-state index contributed by atoms with van der Waals surface area (Å²) in [5.41, 5.74) is 0. The van der Waals surface area contributed by atoms with Crippen molar-refractivity contribution in [2.75, 3.05) is 19.6 Å². The molecule has 0 fully saturated rings. The van der Waals surface area contributed by atoms with Crippen LogP contribution in [0.4, 0.5) is 0 Å². The molecule has 0 aromatic rings. The van der Waals surface area contributed by atoms with Crippen molar-refractivity contribution in [3.8, 4) is 0 Å². The van der Waals surface area contributed by atoms with Gasteiger partial charge in [-0.2, -0.15) is 0 Å². The topological polar surface area (TPSA) is 3.24 Å². The highest BCUT2D eigenvalue weighted by Crippen LogP contribution is 2.11. The quantitative estimate of drug-likeness (QED) is 0.237. The summed E-state index contributed by atoms with van der Waals surface area (Å²) in [6.45, 7) is 13.3. The van der Waals surface area contributed by atoms with Gasteiger partial charge < -0.3 is 4.90 Å². The van der Waals surface area contributed by atoms with Crippen LogP contribution in [0, 0.1) is 5.92 Å². The van der Waals surface area contributed by atoms with Crippen LogP contribution in [0.15, 0.2) is 0 Å². The van der Waals surface area contributed by atoms with Crippen LogP contribution in [0.2, 0.25) is 0 Å². The Labute approximate surface area is 148 Å². The second kappa shape index (κ2) is 18.3. The molecule has 140 valence electrons. The van der Waals surface area contributed by atoms with Crippen molar-refractivity contribution in [3.63, 3.8) is 0 Å². The molecule has 0 aliphatic carbocycles. The molecule has 0 aromatic heterocycles. The first kappa shape index (κ1) is 23.0. The minimum atomic E-state index is 0.809. The standard InChI is InChI=1S/C22H47N/c1-5-7-9-11-13-15-17-19-23(21-22(3)4)20-18-16-14-12-10-8-6-2/h22H,5-21H2,1-4H3. The molecule has 0 aliphatic rings. The van der Waals surface area contributed by atoms with Crippen molar-refractivity contribution in [2.45, 2.75) is 118 Å². The van der Waals surface area contributed by atoms with Crippen LogP contribution >= 0.6 is 0 Å². The Morgan fingerprint density at radius 3 is 1.22 bits per heavy atom. The van der Waals surface area contributed by atoms with Crippen LogP contribution in [-0.4, -0.2) is 24.5 Å². The Kier molecular flexibility index (Phi) is 18.3. The van der Waals surface area contributed by atoms with Crippen molar-refractivity contribution < 1.29 is 0 Å². The maximum atomic E-state index is 2.74. The number of hydrogen-bond acceptors (Lipinski definition) is 1. The first-order chi connectivity index (χ1) is 11.2. The molecule has 0 N–H and O–H groups in total. The lowest BCUT2D eigenvalue weighted by molar-refractivity contribution is 0.233. The number of hydrogen-bond donors (Lipinski definition) is 0. The molecular formula is C22H47N. The summed E-state index contributed by atoms with van der Waals surface area (Å²) in [5, 5.41) is 0. The van der Waals surface area contributed by atoms with E-state index in [1.165, 1.54) is 110 Å². The molecule has 0 rings (SSSR count). The molecule has 1 nitrogen and oxygen atoms in total. The van der Waals surface area contributed by atoms with Gasteiger partial charge in [0, 0.05) is 6.54 Å². The average Bonchev–Trinajstić information content (AvgIpc) is 2.52. The van der Waals surface area contributed by atoms with Crippen LogP contribution < -0.4 is 0 Å². The van der Waals surface area contributed by atoms with Gasteiger partial charge in [-0.3, -0.25) is 0 Å². The molecule has 0 bridgehead atoms. The zero-order valence-corrected chi connectivity index (χ0v) is 17.0. The van der Waals surface area contributed by atoms with E-state index < -0.39 is 0 Å². The van der Waals surface area contributed by atoms with Crippen molar-refractivity contribution in [1.29, 1.82) is 0 Å². The number of rotatable bonds is 18. The van der Waals surface area contributed by atoms with Crippen molar-refractivity contribution >= 4 is 0 Å². The molecule has 0 amide bonds. The van der Waals surface area contributed by atoms with E-state index in [0.29, 0.717) is 0 Å². The lowest BCUT2D eigenvalue weighted by Crippen LogP contribution is -2.30. The number of unbranched alkanes of at least 4 members (excludes halogenated alkanes) is 12. The highest BCUT2D eigenvalue weighted by Gasteiger charge is 2.06. The molecule has 0 aromatic carbocycles. The summed E-state index contributed by atoms with van der Waals surface area (Å²) in [4.78, 5) is 2.74. The second-order valence-corrected chi connectivity index (χ2v) is 7.94. The summed E-state index contributed by atoms with van der Waals surface area (Å²) < 4.78 is 0. The number of nitrogens with zero attached hydrogens (tertiary/aromatic N) is 1. The second-order valence-electron chi connectivity index (χ2n) is 7.94. The van der Waals surface area contributed by atoms with E-state index >= 15 is 0 Å². The third-order valence-corrected chi connectivity index (χ3v) is 4.78. The molecule has 0 atom stereocenters. The van der Waals surface area contributed by atoms with Gasteiger partial charge in [0.1, 0.15) is 0 Å². The third kappa shape index (κ3) is 18.1. The SMILES string of the molecule is CCCCCCCCCN(CCCCCCCCC)CC(C)C. The predicted molar refractivity (Wildman–Crippen MR) is 107 cm³/mol. The van der Waals surface area contributed by atoms with E-state index in [4.69, 9.17) is 0 Å². The largest absolute Gasteiger partial charge is 0.303 e. The summed E-state index contributed by atoms with van der Waals surface area (Å²) in [7, 11) is 0. The van der Waals surface area contributed by atoms with E-state index in [1.54, 1.807) is 0 Å². The van der Waals surface area contributed by atoms with Crippen molar-refractivity contribution in [1.82, 2.24) is 4.90 Å². The third-order valence-electron chi connectivity index (χ3n) is 4.78. The molecule has 0 heterocycles. The van der Waals surface area contributed by atoms with Gasteiger partial charge in [0.05, 0.1) is 0 Å². The predicted octanol–water partition coefficient (Wildman–Crippen LogP) is 7.45. The van der Waals surface area contributed by atoms with Gasteiger partial charge in [-0.1, -0.05) is 105 Å². The zero-order chi connectivity index (χ0) is 17.2. The molecule has 0 aliphatic heterocycles. The van der Waals surface area contributed by atoms with E-state index in [-0.39, 0.29) is 0 Å². The molecule has 0 unspecified atom stereocenters. The average molecular weight is 326 g/mol. The Balaban J connectivity index is 3.60. The monoisotopic (exact) mass is 325 g/mol. The van der Waals surface area contributed by atoms with E-state index in [9.17, 15) is 0 Å². The summed E-state index contributed by atoms with van der Waals surface area (Å²) in [6.07, 6.45) is 20.0. The van der Waals surface area contributed by atoms with E-state index in [2.05, 4.69) is 32.6 Å². The summed E-state index contributed by atoms with van der Waals surface area (Å²) >= 11 is 0. The van der Waals surface area contributed by atoms with Gasteiger partial charge in [0.15, 0.2) is 0 Å². The van der Waals surface area contributed by atoms with Crippen LogP contribution in [0.5, 0.6) is 0 Å². The van der Waals surface area contributed by atoms with Crippen LogP contribution in [-0.2, 0) is 0 Å². The Bertz CT molecular complexity index is 194. The van der Waals surface area contributed by atoms with Crippen LogP contribution in [0.25, 0.3) is 0 Å². The zero-order valence-electron chi connectivity index (χ0n) is 17.0. The molecule has 0 saturated carbocycles. The van der Waals surface area contributed by atoms with Gasteiger partial charge in [-0.15, -0.1) is 0 Å². The Morgan fingerprint density at radius 1 is 0.522 bits per heavy atom. The molecular weight excluding hydrogens is 278 g/mol. The van der Waals surface area contributed by atoms with Crippen LogP contribution in [0.3, 0.4) is 0 Å². The summed E-state index contributed by atoms with van der Waals surface area (Å²) in [6, 6.07) is 0. The first-order valence-corrected chi connectivity index (χ1v) is 10.9. The van der Waals surface area contributed by atoms with Crippen molar-refractivity contribution in [2.24, 2.45) is 5.92 Å². The highest BCUT2D eigenvalue weighted by atomic mass is 15.1. The van der Waals surface area contributed by atoms with E-state index in [0.717, 1.165) is 5.92 Å². The Hall–Kier alpha value is -0.0400. The minimum absolute atomic E-state index is 0.809. The lowest BCUT2D eigenvalue weighted by atomic mass is 10.1. The van der Waals surface area contributed by atoms with E-state index in [1.807, 2.05) is 0 Å². The maximum absolute atomic E-state index is 2.74. The smallest absolute Gasteiger partial charge is 0.000438 e. The van der Waals surface area contributed by atoms with Crippen molar-refractivity contribution in [3.05, 3.63) is 0 Å². The van der Waals surface area contributed by atoms with Gasteiger partial charge in [0.25, 0.3) is 0 Å². The normalized spacial score (nSPS) is 11.7. The lowest BCUT2D eigenvalue weighted by Gasteiger charge is -2.24. The van der Waals surface area contributed by atoms with Gasteiger partial charge in [0.2, 0.25) is 0 Å². The fourth-order valence-corrected chi connectivity index (χ4v) is 3.40. The fourth-order valence-electron chi connectivity index (χ4n) is 3.40.